The van der Waals surface area contributed by atoms with Crippen LogP contribution in [-0.4, -0.2) is 48.8 Å². The predicted molar refractivity (Wildman–Crippen MR) is 129 cm³/mol. The maximum atomic E-state index is 12.6. The Morgan fingerprint density at radius 1 is 1.03 bits per heavy atom. The molecule has 0 fully saturated rings. The lowest BCUT2D eigenvalue weighted by Crippen LogP contribution is -2.39. The van der Waals surface area contributed by atoms with E-state index in [9.17, 15) is 14.4 Å². The highest BCUT2D eigenvalue weighted by atomic mass is 35.5. The number of carbonyl (C=O) groups is 3. The molecule has 1 heterocycles. The lowest BCUT2D eigenvalue weighted by Gasteiger charge is -2.21. The summed E-state index contributed by atoms with van der Waals surface area (Å²) in [5.41, 5.74) is 3.07. The molecule has 3 amide bonds. The first-order valence-corrected chi connectivity index (χ1v) is 11.2. The standard InChI is InChI=1S/C23H26Cl2N4O3/c1-3-9-28(14-23(32)27-20-6-4-17(24)12-19(20)25)13-22(31)26-18-5-7-21-16(11-18)8-10-29(21)15(2)30/h4-7,11-12H,3,8-10,13-14H2,1-2H3,(H,26,31)(H,27,32). The van der Waals surface area contributed by atoms with E-state index in [0.29, 0.717) is 34.5 Å². The maximum Gasteiger partial charge on any atom is 0.238 e. The minimum absolute atomic E-state index is 0.00825. The molecule has 9 heteroatoms. The Hall–Kier alpha value is -2.61. The summed E-state index contributed by atoms with van der Waals surface area (Å²) in [5, 5.41) is 6.48. The monoisotopic (exact) mass is 476 g/mol. The molecule has 0 bridgehead atoms. The van der Waals surface area contributed by atoms with E-state index in [0.717, 1.165) is 24.1 Å². The summed E-state index contributed by atoms with van der Waals surface area (Å²) in [6.07, 6.45) is 1.55. The van der Waals surface area contributed by atoms with E-state index >= 15 is 0 Å². The molecular weight excluding hydrogens is 451 g/mol. The number of carbonyl (C=O) groups excluding carboxylic acids is 3. The first-order chi connectivity index (χ1) is 15.3. The van der Waals surface area contributed by atoms with Crippen molar-refractivity contribution in [3.05, 3.63) is 52.0 Å². The van der Waals surface area contributed by atoms with Crippen molar-refractivity contribution in [1.82, 2.24) is 4.90 Å². The minimum Gasteiger partial charge on any atom is -0.325 e. The van der Waals surface area contributed by atoms with Crippen molar-refractivity contribution in [2.45, 2.75) is 26.7 Å². The highest BCUT2D eigenvalue weighted by Gasteiger charge is 2.22. The van der Waals surface area contributed by atoms with E-state index in [1.807, 2.05) is 19.1 Å². The Morgan fingerprint density at radius 3 is 2.41 bits per heavy atom. The average Bonchev–Trinajstić information content (AvgIpc) is 3.13. The van der Waals surface area contributed by atoms with Gasteiger partial charge in [-0.3, -0.25) is 19.3 Å². The molecule has 2 N–H and O–H groups in total. The fourth-order valence-electron chi connectivity index (χ4n) is 3.72. The average molecular weight is 477 g/mol. The molecule has 170 valence electrons. The SMILES string of the molecule is CCCN(CC(=O)Nc1ccc2c(c1)CCN2C(C)=O)CC(=O)Nc1ccc(Cl)cc1Cl. The third-order valence-electron chi connectivity index (χ3n) is 5.12. The van der Waals surface area contributed by atoms with Crippen LogP contribution in [0.4, 0.5) is 17.1 Å². The van der Waals surface area contributed by atoms with Crippen LogP contribution in [0.5, 0.6) is 0 Å². The van der Waals surface area contributed by atoms with E-state index in [4.69, 9.17) is 23.2 Å². The van der Waals surface area contributed by atoms with Crippen molar-refractivity contribution in [1.29, 1.82) is 0 Å². The number of halogens is 2. The molecule has 0 spiro atoms. The number of nitrogens with one attached hydrogen (secondary N) is 2. The van der Waals surface area contributed by atoms with Crippen molar-refractivity contribution >= 4 is 58.0 Å². The van der Waals surface area contributed by atoms with Gasteiger partial charge in [-0.1, -0.05) is 30.1 Å². The van der Waals surface area contributed by atoms with Crippen LogP contribution >= 0.6 is 23.2 Å². The largest absolute Gasteiger partial charge is 0.325 e. The summed E-state index contributed by atoms with van der Waals surface area (Å²) in [4.78, 5) is 40.3. The van der Waals surface area contributed by atoms with Crippen molar-refractivity contribution in [2.24, 2.45) is 0 Å². The Morgan fingerprint density at radius 2 is 1.75 bits per heavy atom. The first-order valence-electron chi connectivity index (χ1n) is 10.4. The molecule has 0 aromatic heterocycles. The van der Waals surface area contributed by atoms with Crippen LogP contribution in [-0.2, 0) is 20.8 Å². The van der Waals surface area contributed by atoms with Gasteiger partial charge in [0.05, 0.1) is 23.8 Å². The number of fused-ring (bicyclic) bond motifs is 1. The molecule has 7 nitrogen and oxygen atoms in total. The normalized spacial score (nSPS) is 12.6. The van der Waals surface area contributed by atoms with Crippen LogP contribution in [0.15, 0.2) is 36.4 Å². The van der Waals surface area contributed by atoms with E-state index in [2.05, 4.69) is 10.6 Å². The van der Waals surface area contributed by atoms with Gasteiger partial charge in [-0.25, -0.2) is 0 Å². The van der Waals surface area contributed by atoms with E-state index < -0.39 is 0 Å². The zero-order valence-electron chi connectivity index (χ0n) is 18.1. The van der Waals surface area contributed by atoms with Gasteiger partial charge in [0.25, 0.3) is 0 Å². The summed E-state index contributed by atoms with van der Waals surface area (Å²) in [6.45, 7) is 4.90. The van der Waals surface area contributed by atoms with Gasteiger partial charge < -0.3 is 15.5 Å². The molecule has 0 saturated heterocycles. The topological polar surface area (TPSA) is 81.8 Å². The smallest absolute Gasteiger partial charge is 0.238 e. The van der Waals surface area contributed by atoms with Gasteiger partial charge in [0, 0.05) is 29.9 Å². The summed E-state index contributed by atoms with van der Waals surface area (Å²) in [7, 11) is 0. The van der Waals surface area contributed by atoms with Gasteiger partial charge in [0.1, 0.15) is 0 Å². The summed E-state index contributed by atoms with van der Waals surface area (Å²) in [6, 6.07) is 10.4. The Labute approximate surface area is 197 Å². The Balaban J connectivity index is 1.58. The molecule has 0 aliphatic carbocycles. The predicted octanol–water partition coefficient (Wildman–Crippen LogP) is 4.19. The highest BCUT2D eigenvalue weighted by molar-refractivity contribution is 6.36. The Kier molecular flexibility index (Phi) is 8.12. The molecule has 0 saturated carbocycles. The number of anilines is 3. The van der Waals surface area contributed by atoms with Gasteiger partial charge in [0.15, 0.2) is 0 Å². The number of hydrogen-bond donors (Lipinski definition) is 2. The van der Waals surface area contributed by atoms with E-state index in [1.165, 1.54) is 0 Å². The molecule has 0 atom stereocenters. The number of rotatable bonds is 8. The summed E-state index contributed by atoms with van der Waals surface area (Å²) < 4.78 is 0. The zero-order valence-corrected chi connectivity index (χ0v) is 19.6. The van der Waals surface area contributed by atoms with Gasteiger partial charge in [-0.05, 0) is 61.3 Å². The van der Waals surface area contributed by atoms with Crippen molar-refractivity contribution in [2.75, 3.05) is 41.7 Å². The summed E-state index contributed by atoms with van der Waals surface area (Å²) in [5.74, 6) is -0.469. The molecule has 0 radical (unpaired) electrons. The molecule has 2 aromatic rings. The molecule has 2 aromatic carbocycles. The maximum absolute atomic E-state index is 12.6. The third kappa shape index (κ3) is 6.22. The number of benzene rings is 2. The van der Waals surface area contributed by atoms with E-state index in [1.54, 1.807) is 41.0 Å². The summed E-state index contributed by atoms with van der Waals surface area (Å²) >= 11 is 12.0. The van der Waals surface area contributed by atoms with Crippen LogP contribution < -0.4 is 15.5 Å². The molecular formula is C23H26Cl2N4O3. The lowest BCUT2D eigenvalue weighted by molar-refractivity contribution is -0.120. The fraction of sp³-hybridized carbons (Fsp3) is 0.348. The minimum atomic E-state index is -0.266. The number of hydrogen-bond acceptors (Lipinski definition) is 4. The van der Waals surface area contributed by atoms with Crippen molar-refractivity contribution in [3.63, 3.8) is 0 Å². The fourth-order valence-corrected chi connectivity index (χ4v) is 4.18. The second-order valence-corrected chi connectivity index (χ2v) is 8.54. The molecule has 1 aliphatic rings. The van der Waals surface area contributed by atoms with Gasteiger partial charge in [-0.2, -0.15) is 0 Å². The van der Waals surface area contributed by atoms with Crippen LogP contribution in [0.25, 0.3) is 0 Å². The number of nitrogens with zero attached hydrogens (tertiary/aromatic N) is 2. The quantitative estimate of drug-likeness (QED) is 0.598. The van der Waals surface area contributed by atoms with Crippen LogP contribution in [0.3, 0.4) is 0 Å². The highest BCUT2D eigenvalue weighted by Crippen LogP contribution is 2.30. The van der Waals surface area contributed by atoms with Gasteiger partial charge >= 0.3 is 0 Å². The first kappa shape index (κ1) is 24.0. The van der Waals surface area contributed by atoms with Gasteiger partial charge in [0.2, 0.25) is 17.7 Å². The zero-order chi connectivity index (χ0) is 23.3. The van der Waals surface area contributed by atoms with Crippen LogP contribution in [0, 0.1) is 0 Å². The molecule has 3 rings (SSSR count). The third-order valence-corrected chi connectivity index (χ3v) is 5.67. The second kappa shape index (κ2) is 10.8. The molecule has 0 unspecified atom stereocenters. The second-order valence-electron chi connectivity index (χ2n) is 7.70. The number of amides is 3. The van der Waals surface area contributed by atoms with Crippen LogP contribution in [0.2, 0.25) is 10.0 Å². The van der Waals surface area contributed by atoms with E-state index in [-0.39, 0.29) is 30.8 Å². The molecule has 1 aliphatic heterocycles. The van der Waals surface area contributed by atoms with Crippen molar-refractivity contribution in [3.8, 4) is 0 Å². The lowest BCUT2D eigenvalue weighted by atomic mass is 10.1. The van der Waals surface area contributed by atoms with Crippen LogP contribution in [0.1, 0.15) is 25.8 Å². The van der Waals surface area contributed by atoms with Crippen molar-refractivity contribution < 1.29 is 14.4 Å². The molecule has 32 heavy (non-hydrogen) atoms. The Bertz CT molecular complexity index is 1030. The van der Waals surface area contributed by atoms with Gasteiger partial charge in [-0.15, -0.1) is 0 Å².